The predicted octanol–water partition coefficient (Wildman–Crippen LogP) is 2.76. The molecule has 6 nitrogen and oxygen atoms in total. The Bertz CT molecular complexity index is 965. The van der Waals surface area contributed by atoms with Gasteiger partial charge in [-0.2, -0.15) is 0 Å². The van der Waals surface area contributed by atoms with Crippen molar-refractivity contribution in [2.75, 3.05) is 34.7 Å². The minimum Gasteiger partial charge on any atom is -0.350 e. The molecule has 0 fully saturated rings. The molecule has 1 atom stereocenters. The van der Waals surface area contributed by atoms with Crippen molar-refractivity contribution in [2.24, 2.45) is 0 Å². The van der Waals surface area contributed by atoms with Gasteiger partial charge in [0.15, 0.2) is 0 Å². The zero-order valence-corrected chi connectivity index (χ0v) is 17.7. The van der Waals surface area contributed by atoms with Crippen LogP contribution in [0.3, 0.4) is 0 Å². The van der Waals surface area contributed by atoms with Gasteiger partial charge in [-0.3, -0.25) is 4.79 Å². The van der Waals surface area contributed by atoms with E-state index in [9.17, 15) is 17.6 Å². The molecule has 9 heteroatoms. The summed E-state index contributed by atoms with van der Waals surface area (Å²) in [6.45, 7) is 0.216. The number of sulfonamides is 1. The van der Waals surface area contributed by atoms with Crippen LogP contribution in [-0.2, 0) is 10.0 Å². The molecule has 1 N–H and O–H groups in total. The lowest BCUT2D eigenvalue weighted by atomic mass is 10.1. The van der Waals surface area contributed by atoms with Gasteiger partial charge in [-0.1, -0.05) is 23.7 Å². The second-order valence-corrected chi connectivity index (χ2v) is 9.20. The molecule has 0 radical (unpaired) electrons. The number of amides is 1. The lowest BCUT2D eigenvalue weighted by molar-refractivity contribution is 0.0941. The highest BCUT2D eigenvalue weighted by atomic mass is 35.5. The number of rotatable bonds is 7. The molecule has 0 bridgehead atoms. The highest BCUT2D eigenvalue weighted by Gasteiger charge is 2.23. The van der Waals surface area contributed by atoms with Crippen LogP contribution in [0.5, 0.6) is 0 Å². The number of carbonyl (C=O) groups is 1. The molecule has 1 amide bonds. The molecule has 0 heterocycles. The Morgan fingerprint density at radius 2 is 1.82 bits per heavy atom. The molecular formula is C19H23ClFN3O3S. The number of hydrogen-bond donors (Lipinski definition) is 1. The molecule has 0 saturated carbocycles. The van der Waals surface area contributed by atoms with Gasteiger partial charge in [-0.05, 0) is 50.0 Å². The first-order valence-corrected chi connectivity index (χ1v) is 10.3. The van der Waals surface area contributed by atoms with Crippen molar-refractivity contribution >= 4 is 27.5 Å². The fraction of sp³-hybridized carbons (Fsp3) is 0.316. The second-order valence-electron chi connectivity index (χ2n) is 6.68. The van der Waals surface area contributed by atoms with E-state index in [1.807, 2.05) is 19.0 Å². The summed E-state index contributed by atoms with van der Waals surface area (Å²) < 4.78 is 39.3. The molecule has 0 spiro atoms. The first-order valence-electron chi connectivity index (χ1n) is 8.46. The van der Waals surface area contributed by atoms with Crippen LogP contribution in [0.1, 0.15) is 22.0 Å². The largest absolute Gasteiger partial charge is 0.350 e. The van der Waals surface area contributed by atoms with Gasteiger partial charge in [0.05, 0.1) is 11.1 Å². The van der Waals surface area contributed by atoms with Gasteiger partial charge in [0.1, 0.15) is 10.7 Å². The van der Waals surface area contributed by atoms with Crippen LogP contribution in [0.15, 0.2) is 47.4 Å². The Hall–Kier alpha value is -2.00. The first-order chi connectivity index (χ1) is 13.0. The fourth-order valence-electron chi connectivity index (χ4n) is 2.64. The minimum absolute atomic E-state index is 0.0381. The van der Waals surface area contributed by atoms with E-state index in [2.05, 4.69) is 5.32 Å². The van der Waals surface area contributed by atoms with Crippen LogP contribution < -0.4 is 5.32 Å². The second kappa shape index (κ2) is 9.00. The van der Waals surface area contributed by atoms with Crippen molar-refractivity contribution < 1.29 is 17.6 Å². The standard InChI is InChI=1S/C19H23ClFN3O3S/c1-23(2)17(13-6-5-7-15(21)10-13)12-22-19(25)14-8-9-16(20)18(11-14)28(26,27)24(3)4/h5-11,17H,12H2,1-4H3,(H,22,25). The van der Waals surface area contributed by atoms with E-state index < -0.39 is 15.9 Å². The maximum absolute atomic E-state index is 13.5. The Labute approximate surface area is 170 Å². The SMILES string of the molecule is CN(C)C(CNC(=O)c1ccc(Cl)c(S(=O)(=O)N(C)C)c1)c1cccc(F)c1. The normalized spacial score (nSPS) is 13.0. The molecule has 0 aliphatic rings. The molecule has 2 aromatic rings. The van der Waals surface area contributed by atoms with E-state index in [1.54, 1.807) is 12.1 Å². The summed E-state index contributed by atoms with van der Waals surface area (Å²) in [4.78, 5) is 14.3. The van der Waals surface area contributed by atoms with E-state index in [4.69, 9.17) is 11.6 Å². The summed E-state index contributed by atoms with van der Waals surface area (Å²) >= 11 is 6.01. The van der Waals surface area contributed by atoms with Gasteiger partial charge in [-0.25, -0.2) is 17.1 Å². The average Bonchev–Trinajstić information content (AvgIpc) is 2.61. The van der Waals surface area contributed by atoms with E-state index in [1.165, 1.54) is 44.4 Å². The fourth-order valence-corrected chi connectivity index (χ4v) is 4.04. The number of nitrogens with one attached hydrogen (secondary N) is 1. The van der Waals surface area contributed by atoms with Crippen molar-refractivity contribution in [3.05, 3.63) is 64.4 Å². The third-order valence-corrected chi connectivity index (χ3v) is 6.56. The van der Waals surface area contributed by atoms with E-state index >= 15 is 0 Å². The molecule has 2 rings (SSSR count). The van der Waals surface area contributed by atoms with Gasteiger partial charge >= 0.3 is 0 Å². The zero-order valence-electron chi connectivity index (χ0n) is 16.1. The van der Waals surface area contributed by atoms with Crippen LogP contribution >= 0.6 is 11.6 Å². The summed E-state index contributed by atoms with van der Waals surface area (Å²) in [6.07, 6.45) is 0. The highest BCUT2D eigenvalue weighted by molar-refractivity contribution is 7.89. The van der Waals surface area contributed by atoms with Crippen LogP contribution in [-0.4, -0.2) is 58.3 Å². The van der Waals surface area contributed by atoms with Crippen LogP contribution in [0, 0.1) is 5.82 Å². The van der Waals surface area contributed by atoms with Gasteiger partial charge in [0.2, 0.25) is 10.0 Å². The monoisotopic (exact) mass is 427 g/mol. The molecule has 152 valence electrons. The minimum atomic E-state index is -3.78. The van der Waals surface area contributed by atoms with Crippen molar-refractivity contribution in [1.29, 1.82) is 0 Å². The summed E-state index contributed by atoms with van der Waals surface area (Å²) in [5.74, 6) is -0.804. The van der Waals surface area contributed by atoms with Gasteiger partial charge in [0, 0.05) is 26.2 Å². The number of carbonyl (C=O) groups excluding carboxylic acids is 1. The van der Waals surface area contributed by atoms with Gasteiger partial charge < -0.3 is 10.2 Å². The van der Waals surface area contributed by atoms with Crippen LogP contribution in [0.4, 0.5) is 4.39 Å². The Kier molecular flexibility index (Phi) is 7.16. The predicted molar refractivity (Wildman–Crippen MR) is 107 cm³/mol. The summed E-state index contributed by atoms with van der Waals surface area (Å²) in [5.41, 5.74) is 0.888. The first kappa shape index (κ1) is 22.3. The van der Waals surface area contributed by atoms with E-state index in [0.29, 0.717) is 0 Å². The molecular weight excluding hydrogens is 405 g/mol. The number of likely N-dealkylation sites (N-methyl/N-ethyl adjacent to an activating group) is 1. The third kappa shape index (κ3) is 5.08. The van der Waals surface area contributed by atoms with Crippen molar-refractivity contribution in [2.45, 2.75) is 10.9 Å². The topological polar surface area (TPSA) is 69.7 Å². The van der Waals surface area contributed by atoms with Crippen LogP contribution in [0.2, 0.25) is 5.02 Å². The summed E-state index contributed by atoms with van der Waals surface area (Å²) in [6, 6.07) is 10.00. The van der Waals surface area contributed by atoms with Gasteiger partial charge in [-0.15, -0.1) is 0 Å². The molecule has 0 saturated heterocycles. The van der Waals surface area contributed by atoms with Crippen LogP contribution in [0.25, 0.3) is 0 Å². The Morgan fingerprint density at radius 3 is 2.39 bits per heavy atom. The average molecular weight is 428 g/mol. The Morgan fingerprint density at radius 1 is 1.14 bits per heavy atom. The molecule has 1 unspecified atom stereocenters. The molecule has 2 aromatic carbocycles. The Balaban J connectivity index is 2.23. The number of benzene rings is 2. The number of halogens is 2. The van der Waals surface area contributed by atoms with Crippen molar-refractivity contribution in [3.8, 4) is 0 Å². The van der Waals surface area contributed by atoms with E-state index in [-0.39, 0.29) is 33.9 Å². The van der Waals surface area contributed by atoms with E-state index in [0.717, 1.165) is 9.87 Å². The summed E-state index contributed by atoms with van der Waals surface area (Å²) in [5, 5.41) is 2.81. The summed E-state index contributed by atoms with van der Waals surface area (Å²) in [7, 11) is 2.64. The van der Waals surface area contributed by atoms with Crippen molar-refractivity contribution in [3.63, 3.8) is 0 Å². The van der Waals surface area contributed by atoms with Crippen molar-refractivity contribution in [1.82, 2.24) is 14.5 Å². The maximum Gasteiger partial charge on any atom is 0.251 e. The van der Waals surface area contributed by atoms with Gasteiger partial charge in [0.25, 0.3) is 5.91 Å². The molecule has 0 aromatic heterocycles. The zero-order chi connectivity index (χ0) is 21.1. The smallest absolute Gasteiger partial charge is 0.251 e. The quantitative estimate of drug-likeness (QED) is 0.737. The lowest BCUT2D eigenvalue weighted by Crippen LogP contribution is -2.34. The highest BCUT2D eigenvalue weighted by Crippen LogP contribution is 2.25. The lowest BCUT2D eigenvalue weighted by Gasteiger charge is -2.25. The number of nitrogens with zero attached hydrogens (tertiary/aromatic N) is 2. The third-order valence-electron chi connectivity index (χ3n) is 4.26. The molecule has 28 heavy (non-hydrogen) atoms. The maximum atomic E-state index is 13.5. The number of hydrogen-bond acceptors (Lipinski definition) is 4. The molecule has 0 aliphatic carbocycles. The molecule has 0 aliphatic heterocycles.